The molecule has 1 aromatic carbocycles. The lowest BCUT2D eigenvalue weighted by Gasteiger charge is -2.31. The third-order valence-electron chi connectivity index (χ3n) is 5.13. The van der Waals surface area contributed by atoms with Gasteiger partial charge < -0.3 is 15.0 Å². The van der Waals surface area contributed by atoms with E-state index in [0.29, 0.717) is 48.9 Å². The molecule has 0 spiro atoms. The van der Waals surface area contributed by atoms with Crippen LogP contribution in [-0.4, -0.2) is 68.1 Å². The molecule has 32 heavy (non-hydrogen) atoms. The Morgan fingerprint density at radius 3 is 2.69 bits per heavy atom. The Labute approximate surface area is 188 Å². The minimum atomic E-state index is -0.325. The Morgan fingerprint density at radius 2 is 1.97 bits per heavy atom. The largest absolute Gasteiger partial charge is 0.450 e. The molecule has 0 saturated carbocycles. The van der Waals surface area contributed by atoms with Crippen LogP contribution >= 0.6 is 11.8 Å². The van der Waals surface area contributed by atoms with Gasteiger partial charge in [-0.25, -0.2) is 23.8 Å². The third-order valence-corrected chi connectivity index (χ3v) is 6.13. The van der Waals surface area contributed by atoms with Crippen molar-refractivity contribution in [2.75, 3.05) is 25.4 Å². The van der Waals surface area contributed by atoms with E-state index in [1.54, 1.807) is 34.8 Å². The van der Waals surface area contributed by atoms with Gasteiger partial charge >= 0.3 is 6.09 Å². The minimum absolute atomic E-state index is 0.0282. The highest BCUT2D eigenvalue weighted by molar-refractivity contribution is 8.00. The number of ether oxygens (including phenoxy) is 1. The van der Waals surface area contributed by atoms with Crippen molar-refractivity contribution in [3.8, 4) is 5.69 Å². The monoisotopic (exact) mass is 458 g/mol. The molecule has 1 N–H and O–H groups in total. The first kappa shape index (κ1) is 22.0. The lowest BCUT2D eigenvalue weighted by molar-refractivity contribution is -0.119. The Bertz CT molecular complexity index is 1100. The summed E-state index contributed by atoms with van der Waals surface area (Å²) in [5, 5.41) is 8.74. The number of fused-ring (bicyclic) bond motifs is 1. The molecule has 168 valence electrons. The van der Waals surface area contributed by atoms with Gasteiger partial charge in [0.25, 0.3) is 0 Å². The van der Waals surface area contributed by atoms with Crippen molar-refractivity contribution >= 4 is 34.8 Å². The minimum Gasteiger partial charge on any atom is -0.450 e. The van der Waals surface area contributed by atoms with E-state index in [4.69, 9.17) is 4.74 Å². The molecule has 3 heterocycles. The van der Waals surface area contributed by atoms with E-state index in [1.165, 1.54) is 30.2 Å². The number of likely N-dealkylation sites (tertiary alicyclic amines) is 1. The smallest absolute Gasteiger partial charge is 0.409 e. The van der Waals surface area contributed by atoms with Crippen LogP contribution in [0, 0.1) is 5.82 Å². The van der Waals surface area contributed by atoms with E-state index in [9.17, 15) is 14.0 Å². The summed E-state index contributed by atoms with van der Waals surface area (Å²) in [5.74, 6) is -0.220. The molecule has 9 nitrogen and oxygen atoms in total. The fraction of sp³-hybridized carbons (Fsp3) is 0.381. The van der Waals surface area contributed by atoms with Gasteiger partial charge in [0.1, 0.15) is 17.2 Å². The standard InChI is InChI=1S/C21H23FN6O3S/c1-2-31-21(30)27-9-7-15(8-10-27)26-18(29)12-32-20-17-11-25-28(19(17)23-13-24-20)16-5-3-14(22)4-6-16/h3-6,11,13,15H,2,7-10,12H2,1H3,(H,26,29). The molecule has 1 aliphatic heterocycles. The van der Waals surface area contributed by atoms with E-state index >= 15 is 0 Å². The molecular weight excluding hydrogens is 435 g/mol. The summed E-state index contributed by atoms with van der Waals surface area (Å²) in [5.41, 5.74) is 1.27. The number of halogens is 1. The van der Waals surface area contributed by atoms with Gasteiger partial charge in [0.15, 0.2) is 5.65 Å². The van der Waals surface area contributed by atoms with Gasteiger partial charge in [-0.15, -0.1) is 0 Å². The predicted octanol–water partition coefficient (Wildman–Crippen LogP) is 2.78. The van der Waals surface area contributed by atoms with Crippen molar-refractivity contribution in [3.63, 3.8) is 0 Å². The quantitative estimate of drug-likeness (QED) is 0.448. The number of carbonyl (C=O) groups is 2. The first-order valence-corrected chi connectivity index (χ1v) is 11.3. The van der Waals surface area contributed by atoms with E-state index in [0.717, 1.165) is 5.39 Å². The highest BCUT2D eigenvalue weighted by Gasteiger charge is 2.24. The number of carbonyl (C=O) groups excluding carboxylic acids is 2. The van der Waals surface area contributed by atoms with Crippen molar-refractivity contribution in [2.24, 2.45) is 0 Å². The van der Waals surface area contributed by atoms with Crippen molar-refractivity contribution in [1.82, 2.24) is 30.0 Å². The van der Waals surface area contributed by atoms with Gasteiger partial charge in [-0.05, 0) is 44.0 Å². The van der Waals surface area contributed by atoms with Gasteiger partial charge in [-0.1, -0.05) is 11.8 Å². The second-order valence-corrected chi connectivity index (χ2v) is 8.23. The molecule has 11 heteroatoms. The number of nitrogens with one attached hydrogen (secondary N) is 1. The van der Waals surface area contributed by atoms with Gasteiger partial charge in [0.05, 0.1) is 29.6 Å². The zero-order chi connectivity index (χ0) is 22.5. The zero-order valence-corrected chi connectivity index (χ0v) is 18.3. The maximum atomic E-state index is 13.2. The number of piperidine rings is 1. The van der Waals surface area contributed by atoms with Gasteiger partial charge in [0, 0.05) is 19.1 Å². The molecule has 4 rings (SSSR count). The molecule has 1 saturated heterocycles. The molecule has 0 atom stereocenters. The lowest BCUT2D eigenvalue weighted by Crippen LogP contribution is -2.47. The number of nitrogens with zero attached hydrogens (tertiary/aromatic N) is 5. The van der Waals surface area contributed by atoms with Gasteiger partial charge in [-0.3, -0.25) is 4.79 Å². The zero-order valence-electron chi connectivity index (χ0n) is 17.5. The summed E-state index contributed by atoms with van der Waals surface area (Å²) in [6.45, 7) is 3.26. The van der Waals surface area contributed by atoms with Crippen LogP contribution in [0.4, 0.5) is 9.18 Å². The lowest BCUT2D eigenvalue weighted by atomic mass is 10.1. The molecule has 0 bridgehead atoms. The second kappa shape index (κ2) is 9.94. The molecule has 2 amide bonds. The first-order valence-electron chi connectivity index (χ1n) is 10.3. The molecule has 1 fully saturated rings. The third kappa shape index (κ3) is 4.98. The molecule has 0 unspecified atom stereocenters. The summed E-state index contributed by atoms with van der Waals surface area (Å²) < 4.78 is 19.8. The Kier molecular flexibility index (Phi) is 6.84. The number of benzene rings is 1. The maximum Gasteiger partial charge on any atom is 0.409 e. The number of amides is 2. The van der Waals surface area contributed by atoms with Crippen LogP contribution < -0.4 is 5.32 Å². The van der Waals surface area contributed by atoms with Crippen molar-refractivity contribution < 1.29 is 18.7 Å². The van der Waals surface area contributed by atoms with Crippen molar-refractivity contribution in [2.45, 2.75) is 30.8 Å². The molecule has 2 aromatic heterocycles. The maximum absolute atomic E-state index is 13.2. The first-order chi connectivity index (χ1) is 15.5. The van der Waals surface area contributed by atoms with Crippen LogP contribution in [0.1, 0.15) is 19.8 Å². The molecular formula is C21H23FN6O3S. The summed E-state index contributed by atoms with van der Waals surface area (Å²) in [7, 11) is 0. The van der Waals surface area contributed by atoms with Crippen LogP contribution in [0.25, 0.3) is 16.7 Å². The SMILES string of the molecule is CCOC(=O)N1CCC(NC(=O)CSc2ncnc3c2cnn3-c2ccc(F)cc2)CC1. The van der Waals surface area contributed by atoms with E-state index in [-0.39, 0.29) is 29.6 Å². The van der Waals surface area contributed by atoms with Crippen molar-refractivity contribution in [1.29, 1.82) is 0 Å². The summed E-state index contributed by atoms with van der Waals surface area (Å²) in [6.07, 6.45) is 4.15. The van der Waals surface area contributed by atoms with E-state index in [2.05, 4.69) is 20.4 Å². The normalized spacial score (nSPS) is 14.5. The predicted molar refractivity (Wildman–Crippen MR) is 117 cm³/mol. The Morgan fingerprint density at radius 1 is 1.22 bits per heavy atom. The molecule has 0 radical (unpaired) electrons. The van der Waals surface area contributed by atoms with E-state index < -0.39 is 0 Å². The topological polar surface area (TPSA) is 102 Å². The van der Waals surface area contributed by atoms with Crippen LogP contribution in [0.15, 0.2) is 41.8 Å². The van der Waals surface area contributed by atoms with Gasteiger partial charge in [-0.2, -0.15) is 5.10 Å². The molecule has 0 aliphatic carbocycles. The Hall–Kier alpha value is -3.21. The van der Waals surface area contributed by atoms with Crippen LogP contribution in [-0.2, 0) is 9.53 Å². The highest BCUT2D eigenvalue weighted by atomic mass is 32.2. The number of hydrogen-bond donors (Lipinski definition) is 1. The fourth-order valence-corrected chi connectivity index (χ4v) is 4.31. The van der Waals surface area contributed by atoms with Crippen LogP contribution in [0.3, 0.4) is 0 Å². The van der Waals surface area contributed by atoms with Crippen molar-refractivity contribution in [3.05, 3.63) is 42.6 Å². The molecule has 3 aromatic rings. The Balaban J connectivity index is 1.34. The fourth-order valence-electron chi connectivity index (χ4n) is 3.53. The van der Waals surface area contributed by atoms with Crippen LogP contribution in [0.5, 0.6) is 0 Å². The average Bonchev–Trinajstić information content (AvgIpc) is 3.24. The summed E-state index contributed by atoms with van der Waals surface area (Å²) >= 11 is 1.31. The average molecular weight is 459 g/mol. The number of aromatic nitrogens is 4. The van der Waals surface area contributed by atoms with Gasteiger partial charge in [0.2, 0.25) is 5.91 Å². The van der Waals surface area contributed by atoms with Crippen LogP contribution in [0.2, 0.25) is 0 Å². The van der Waals surface area contributed by atoms with E-state index in [1.807, 2.05) is 0 Å². The number of rotatable bonds is 6. The molecule has 1 aliphatic rings. The highest BCUT2D eigenvalue weighted by Crippen LogP contribution is 2.26. The number of hydrogen-bond acceptors (Lipinski definition) is 7. The summed E-state index contributed by atoms with van der Waals surface area (Å²) in [4.78, 5) is 34.5. The summed E-state index contributed by atoms with van der Waals surface area (Å²) in [6, 6.07) is 6.00. The second-order valence-electron chi connectivity index (χ2n) is 7.27. The number of thioether (sulfide) groups is 1.